The Hall–Kier alpha value is -2.17. The maximum Gasteiger partial charge on any atom is 0.258 e. The highest BCUT2D eigenvalue weighted by molar-refractivity contribution is 7.89. The molecule has 1 unspecified atom stereocenters. The number of carbonyl (C=O) groups is 2. The molecule has 2 amide bonds. The Labute approximate surface area is 177 Å². The van der Waals surface area contributed by atoms with Crippen molar-refractivity contribution in [2.45, 2.75) is 25.8 Å². The number of rotatable bonds is 8. The van der Waals surface area contributed by atoms with Crippen LogP contribution in [0.15, 0.2) is 24.3 Å². The van der Waals surface area contributed by atoms with Gasteiger partial charge < -0.3 is 19.7 Å². The van der Waals surface area contributed by atoms with Gasteiger partial charge in [-0.3, -0.25) is 9.59 Å². The number of sulfonamides is 1. The quantitative estimate of drug-likeness (QED) is 0.631. The first kappa shape index (κ1) is 22.5. The summed E-state index contributed by atoms with van der Waals surface area (Å²) in [7, 11) is -3.45. The van der Waals surface area contributed by atoms with Crippen LogP contribution in [-0.4, -0.2) is 87.2 Å². The van der Waals surface area contributed by atoms with Gasteiger partial charge in [-0.05, 0) is 31.9 Å². The fraction of sp³-hybridized carbons (Fsp3) is 0.600. The number of nitrogens with one attached hydrogen (secondary N) is 1. The maximum absolute atomic E-state index is 13.0. The number of hydrogen-bond donors (Lipinski definition) is 1. The van der Waals surface area contributed by atoms with Gasteiger partial charge in [0.25, 0.3) is 5.91 Å². The molecule has 2 aliphatic rings. The zero-order valence-corrected chi connectivity index (χ0v) is 18.0. The second kappa shape index (κ2) is 10.2. The number of morpholine rings is 1. The first-order chi connectivity index (χ1) is 14.4. The molecule has 2 aliphatic heterocycles. The molecule has 0 aliphatic carbocycles. The fourth-order valence-electron chi connectivity index (χ4n) is 3.74. The van der Waals surface area contributed by atoms with Gasteiger partial charge in [0.1, 0.15) is 11.8 Å². The predicted octanol–water partition coefficient (Wildman–Crippen LogP) is 0.468. The third-order valence-electron chi connectivity index (χ3n) is 5.26. The van der Waals surface area contributed by atoms with Gasteiger partial charge in [-0.2, -0.15) is 4.31 Å². The lowest BCUT2D eigenvalue weighted by atomic mass is 10.1. The number of nitrogens with zero attached hydrogens (tertiary/aromatic N) is 2. The molecule has 1 N–H and O–H groups in total. The van der Waals surface area contributed by atoms with Crippen LogP contribution in [0.5, 0.6) is 5.75 Å². The number of carbonyl (C=O) groups excluding carboxylic acids is 2. The lowest BCUT2D eigenvalue weighted by Crippen LogP contribution is -2.48. The first-order valence-electron chi connectivity index (χ1n) is 10.3. The SMILES string of the molecule is CCOc1ccccc1C(=O)N1CCCC1C(=O)NCCS(=O)(=O)N1CCOCC1. The highest BCUT2D eigenvalue weighted by Gasteiger charge is 2.35. The van der Waals surface area contributed by atoms with Crippen LogP contribution in [0.1, 0.15) is 30.1 Å². The number of benzene rings is 1. The molecule has 3 rings (SSSR count). The fourth-order valence-corrected chi connectivity index (χ4v) is 5.06. The van der Waals surface area contributed by atoms with Crippen LogP contribution in [0.25, 0.3) is 0 Å². The Morgan fingerprint density at radius 3 is 2.67 bits per heavy atom. The van der Waals surface area contributed by atoms with E-state index in [9.17, 15) is 18.0 Å². The third-order valence-corrected chi connectivity index (χ3v) is 7.13. The molecule has 2 fully saturated rings. The summed E-state index contributed by atoms with van der Waals surface area (Å²) in [6.07, 6.45) is 1.26. The molecule has 30 heavy (non-hydrogen) atoms. The van der Waals surface area contributed by atoms with E-state index in [4.69, 9.17) is 9.47 Å². The minimum atomic E-state index is -3.45. The Kier molecular flexibility index (Phi) is 7.68. The molecule has 1 aromatic rings. The third kappa shape index (κ3) is 5.30. The summed E-state index contributed by atoms with van der Waals surface area (Å²) in [6.45, 7) is 4.20. The van der Waals surface area contributed by atoms with Gasteiger partial charge in [0.2, 0.25) is 15.9 Å². The van der Waals surface area contributed by atoms with Crippen LogP contribution in [0.4, 0.5) is 0 Å². The average molecular weight is 440 g/mol. The molecule has 0 bridgehead atoms. The van der Waals surface area contributed by atoms with Crippen molar-refractivity contribution in [2.75, 3.05) is 51.8 Å². The summed E-state index contributed by atoms with van der Waals surface area (Å²) in [4.78, 5) is 27.3. The topological polar surface area (TPSA) is 105 Å². The van der Waals surface area contributed by atoms with Crippen LogP contribution in [0.3, 0.4) is 0 Å². The number of hydrogen-bond acceptors (Lipinski definition) is 6. The summed E-state index contributed by atoms with van der Waals surface area (Å²) >= 11 is 0. The number of ether oxygens (including phenoxy) is 2. The van der Waals surface area contributed by atoms with Crippen molar-refractivity contribution in [1.29, 1.82) is 0 Å². The van der Waals surface area contributed by atoms with E-state index in [2.05, 4.69) is 5.32 Å². The molecule has 2 heterocycles. The van der Waals surface area contributed by atoms with Gasteiger partial charge in [0, 0.05) is 26.2 Å². The molecule has 1 atom stereocenters. The van der Waals surface area contributed by atoms with E-state index < -0.39 is 16.1 Å². The molecule has 2 saturated heterocycles. The smallest absolute Gasteiger partial charge is 0.258 e. The van der Waals surface area contributed by atoms with Gasteiger partial charge in [-0.15, -0.1) is 0 Å². The standard InChI is InChI=1S/C20H29N3O6S/c1-2-29-18-8-4-3-6-16(18)20(25)23-10-5-7-17(23)19(24)21-9-15-30(26,27)22-11-13-28-14-12-22/h3-4,6,8,17H,2,5,7,9-15H2,1H3,(H,21,24). The average Bonchev–Trinajstić information content (AvgIpc) is 3.24. The summed E-state index contributed by atoms with van der Waals surface area (Å²) in [5.74, 6) is -0.260. The second-order valence-electron chi connectivity index (χ2n) is 7.20. The Morgan fingerprint density at radius 1 is 1.20 bits per heavy atom. The monoisotopic (exact) mass is 439 g/mol. The van der Waals surface area contributed by atoms with Crippen molar-refractivity contribution in [3.8, 4) is 5.75 Å². The molecule has 0 saturated carbocycles. The van der Waals surface area contributed by atoms with Crippen molar-refractivity contribution in [1.82, 2.24) is 14.5 Å². The Morgan fingerprint density at radius 2 is 1.93 bits per heavy atom. The number of likely N-dealkylation sites (tertiary alicyclic amines) is 1. The van der Waals surface area contributed by atoms with Crippen molar-refractivity contribution < 1.29 is 27.5 Å². The summed E-state index contributed by atoms with van der Waals surface area (Å²) in [5.41, 5.74) is 0.425. The largest absolute Gasteiger partial charge is 0.493 e. The Bertz CT molecular complexity index is 854. The second-order valence-corrected chi connectivity index (χ2v) is 9.29. The summed E-state index contributed by atoms with van der Waals surface area (Å²) in [5, 5.41) is 2.69. The van der Waals surface area contributed by atoms with Gasteiger partial charge in [-0.25, -0.2) is 8.42 Å². The van der Waals surface area contributed by atoms with E-state index in [1.807, 2.05) is 6.92 Å². The molecule has 1 aromatic carbocycles. The van der Waals surface area contributed by atoms with E-state index in [0.29, 0.717) is 63.6 Å². The minimum Gasteiger partial charge on any atom is -0.493 e. The lowest BCUT2D eigenvalue weighted by Gasteiger charge is -2.27. The molecule has 10 heteroatoms. The molecule has 0 spiro atoms. The maximum atomic E-state index is 13.0. The van der Waals surface area contributed by atoms with Crippen molar-refractivity contribution in [3.63, 3.8) is 0 Å². The Balaban J connectivity index is 1.58. The lowest BCUT2D eigenvalue weighted by molar-refractivity contribution is -0.124. The van der Waals surface area contributed by atoms with E-state index in [1.54, 1.807) is 29.2 Å². The molecular weight excluding hydrogens is 410 g/mol. The molecule has 9 nitrogen and oxygen atoms in total. The zero-order chi connectivity index (χ0) is 21.6. The van der Waals surface area contributed by atoms with E-state index in [-0.39, 0.29) is 24.1 Å². The van der Waals surface area contributed by atoms with Crippen LogP contribution >= 0.6 is 0 Å². The highest BCUT2D eigenvalue weighted by atomic mass is 32.2. The van der Waals surface area contributed by atoms with Crippen LogP contribution < -0.4 is 10.1 Å². The van der Waals surface area contributed by atoms with E-state index in [1.165, 1.54) is 4.31 Å². The van der Waals surface area contributed by atoms with Crippen LogP contribution in [0, 0.1) is 0 Å². The molecule has 166 valence electrons. The van der Waals surface area contributed by atoms with Crippen LogP contribution in [-0.2, 0) is 19.6 Å². The van der Waals surface area contributed by atoms with Crippen molar-refractivity contribution in [3.05, 3.63) is 29.8 Å². The summed E-state index contributed by atoms with van der Waals surface area (Å²) in [6, 6.07) is 6.37. The van der Waals surface area contributed by atoms with Gasteiger partial charge >= 0.3 is 0 Å². The molecular formula is C20H29N3O6S. The normalized spacial score (nSPS) is 20.2. The van der Waals surface area contributed by atoms with E-state index >= 15 is 0 Å². The van der Waals surface area contributed by atoms with E-state index in [0.717, 1.165) is 0 Å². The number of amides is 2. The van der Waals surface area contributed by atoms with Crippen molar-refractivity contribution >= 4 is 21.8 Å². The predicted molar refractivity (Wildman–Crippen MR) is 111 cm³/mol. The number of para-hydroxylation sites is 1. The first-order valence-corrected chi connectivity index (χ1v) is 11.9. The van der Waals surface area contributed by atoms with Gasteiger partial charge in [0.05, 0.1) is 31.1 Å². The zero-order valence-electron chi connectivity index (χ0n) is 17.2. The molecule has 0 radical (unpaired) electrons. The summed E-state index contributed by atoms with van der Waals surface area (Å²) < 4.78 is 36.9. The molecule has 0 aromatic heterocycles. The highest BCUT2D eigenvalue weighted by Crippen LogP contribution is 2.25. The van der Waals surface area contributed by atoms with Gasteiger partial charge in [0.15, 0.2) is 0 Å². The van der Waals surface area contributed by atoms with Gasteiger partial charge in [-0.1, -0.05) is 12.1 Å². The van der Waals surface area contributed by atoms with Crippen molar-refractivity contribution in [2.24, 2.45) is 0 Å². The van der Waals surface area contributed by atoms with Crippen LogP contribution in [0.2, 0.25) is 0 Å². The minimum absolute atomic E-state index is 0.00653.